The summed E-state index contributed by atoms with van der Waals surface area (Å²) in [6.07, 6.45) is 0. The number of carbonyl (C=O) groups is 2. The molecular weight excluding hydrogens is 306 g/mol. The van der Waals surface area contributed by atoms with E-state index in [0.29, 0.717) is 0 Å². The van der Waals surface area contributed by atoms with Gasteiger partial charge in [0.25, 0.3) is 5.91 Å². The normalized spacial score (nSPS) is 10.5. The van der Waals surface area contributed by atoms with E-state index in [0.717, 1.165) is 16.8 Å². The molecule has 24 heavy (non-hydrogen) atoms. The summed E-state index contributed by atoms with van der Waals surface area (Å²) in [6, 6.07) is 11.9. The van der Waals surface area contributed by atoms with Crippen LogP contribution in [0.3, 0.4) is 0 Å². The summed E-state index contributed by atoms with van der Waals surface area (Å²) in [5.74, 6) is -1.08. The fourth-order valence-corrected chi connectivity index (χ4v) is 2.37. The maximum Gasteiger partial charge on any atom is 0.342 e. The molecule has 0 spiro atoms. The van der Waals surface area contributed by atoms with E-state index >= 15 is 0 Å². The lowest BCUT2D eigenvalue weighted by Gasteiger charge is -2.16. The molecule has 1 amide bonds. The molecule has 2 rings (SSSR count). The predicted molar refractivity (Wildman–Crippen MR) is 92.3 cm³/mol. The zero-order valence-corrected chi connectivity index (χ0v) is 14.0. The van der Waals surface area contributed by atoms with Crippen LogP contribution in [0, 0.1) is 6.92 Å². The van der Waals surface area contributed by atoms with Crippen LogP contribution in [0.1, 0.15) is 41.3 Å². The maximum atomic E-state index is 12.1. The first-order valence-electron chi connectivity index (χ1n) is 7.74. The number of rotatable bonds is 5. The highest BCUT2D eigenvalue weighted by Crippen LogP contribution is 2.27. The van der Waals surface area contributed by atoms with Crippen molar-refractivity contribution in [2.75, 3.05) is 11.9 Å². The van der Waals surface area contributed by atoms with Crippen LogP contribution in [0.2, 0.25) is 0 Å². The zero-order valence-electron chi connectivity index (χ0n) is 14.0. The van der Waals surface area contributed by atoms with E-state index < -0.39 is 18.5 Å². The van der Waals surface area contributed by atoms with Crippen LogP contribution in [-0.2, 0) is 9.53 Å². The first-order chi connectivity index (χ1) is 11.4. The van der Waals surface area contributed by atoms with Crippen molar-refractivity contribution in [2.45, 2.75) is 26.7 Å². The van der Waals surface area contributed by atoms with E-state index in [9.17, 15) is 14.7 Å². The molecule has 2 aromatic rings. The maximum absolute atomic E-state index is 12.1. The Hall–Kier alpha value is -2.82. The van der Waals surface area contributed by atoms with Gasteiger partial charge in [0.1, 0.15) is 11.3 Å². The average molecular weight is 327 g/mol. The van der Waals surface area contributed by atoms with Gasteiger partial charge in [0.2, 0.25) is 0 Å². The van der Waals surface area contributed by atoms with Gasteiger partial charge in [-0.2, -0.15) is 0 Å². The van der Waals surface area contributed by atoms with Crippen molar-refractivity contribution in [3.8, 4) is 5.75 Å². The Morgan fingerprint density at radius 3 is 2.50 bits per heavy atom. The number of ether oxygens (including phenoxy) is 1. The molecule has 0 aliphatic rings. The molecule has 0 fully saturated rings. The first-order valence-corrected chi connectivity index (χ1v) is 7.74. The monoisotopic (exact) mass is 327 g/mol. The van der Waals surface area contributed by atoms with E-state index in [1.165, 1.54) is 12.1 Å². The van der Waals surface area contributed by atoms with Crippen molar-refractivity contribution in [1.82, 2.24) is 0 Å². The van der Waals surface area contributed by atoms with Gasteiger partial charge < -0.3 is 15.2 Å². The number of hydrogen-bond acceptors (Lipinski definition) is 4. The van der Waals surface area contributed by atoms with Gasteiger partial charge in [-0.05, 0) is 36.1 Å². The Morgan fingerprint density at radius 2 is 1.83 bits per heavy atom. The molecule has 0 aliphatic heterocycles. The molecule has 0 aliphatic carbocycles. The second kappa shape index (κ2) is 7.64. The second-order valence-electron chi connectivity index (χ2n) is 5.84. The minimum absolute atomic E-state index is 0.0315. The molecule has 2 aromatic carbocycles. The van der Waals surface area contributed by atoms with E-state index in [2.05, 4.69) is 5.32 Å². The van der Waals surface area contributed by atoms with Gasteiger partial charge >= 0.3 is 5.97 Å². The molecule has 0 saturated carbocycles. The second-order valence-corrected chi connectivity index (χ2v) is 5.84. The number of aromatic hydroxyl groups is 1. The van der Waals surface area contributed by atoms with Crippen molar-refractivity contribution in [3.05, 3.63) is 59.2 Å². The third-order valence-electron chi connectivity index (χ3n) is 3.65. The van der Waals surface area contributed by atoms with E-state index in [1.807, 2.05) is 39.0 Å². The SMILES string of the molecule is Cc1cccc(C(C)C)c1NC(=O)COC(=O)c1ccccc1O. The summed E-state index contributed by atoms with van der Waals surface area (Å²) in [4.78, 5) is 24.0. The average Bonchev–Trinajstić information content (AvgIpc) is 2.54. The highest BCUT2D eigenvalue weighted by molar-refractivity contribution is 5.97. The van der Waals surface area contributed by atoms with E-state index in [4.69, 9.17) is 4.74 Å². The molecule has 5 nitrogen and oxygen atoms in total. The number of aryl methyl sites for hydroxylation is 1. The Bertz CT molecular complexity index is 753. The molecule has 0 aromatic heterocycles. The molecule has 0 unspecified atom stereocenters. The van der Waals surface area contributed by atoms with Crippen molar-refractivity contribution in [3.63, 3.8) is 0 Å². The van der Waals surface area contributed by atoms with Gasteiger partial charge in [0.05, 0.1) is 0 Å². The summed E-state index contributed by atoms with van der Waals surface area (Å²) < 4.78 is 4.97. The standard InChI is InChI=1S/C19H21NO4/c1-12(2)14-9-6-7-13(3)18(14)20-17(22)11-24-19(23)15-8-4-5-10-16(15)21/h4-10,12,21H,11H2,1-3H3,(H,20,22). The topological polar surface area (TPSA) is 75.6 Å². The fraction of sp³-hybridized carbons (Fsp3) is 0.263. The van der Waals surface area contributed by atoms with Crippen molar-refractivity contribution in [2.24, 2.45) is 0 Å². The summed E-state index contributed by atoms with van der Waals surface area (Å²) in [5.41, 5.74) is 2.75. The molecule has 0 saturated heterocycles. The van der Waals surface area contributed by atoms with Crippen molar-refractivity contribution in [1.29, 1.82) is 0 Å². The number of phenolic OH excluding ortho intramolecular Hbond substituents is 1. The number of amides is 1. The van der Waals surface area contributed by atoms with Gasteiger partial charge in [-0.15, -0.1) is 0 Å². The van der Waals surface area contributed by atoms with Crippen molar-refractivity contribution >= 4 is 17.6 Å². The first kappa shape index (κ1) is 17.5. The third-order valence-corrected chi connectivity index (χ3v) is 3.65. The Kier molecular flexibility index (Phi) is 5.58. The highest BCUT2D eigenvalue weighted by Gasteiger charge is 2.16. The Balaban J connectivity index is 2.02. The lowest BCUT2D eigenvalue weighted by molar-refractivity contribution is -0.119. The quantitative estimate of drug-likeness (QED) is 0.823. The van der Waals surface area contributed by atoms with Crippen LogP contribution in [0.15, 0.2) is 42.5 Å². The highest BCUT2D eigenvalue weighted by atomic mass is 16.5. The van der Waals surface area contributed by atoms with Gasteiger partial charge in [0.15, 0.2) is 6.61 Å². The van der Waals surface area contributed by atoms with Crippen LogP contribution in [0.5, 0.6) is 5.75 Å². The minimum atomic E-state index is -0.739. The number of esters is 1. The molecular formula is C19H21NO4. The van der Waals surface area contributed by atoms with Crippen LogP contribution in [0.4, 0.5) is 5.69 Å². The zero-order chi connectivity index (χ0) is 17.7. The Morgan fingerprint density at radius 1 is 1.12 bits per heavy atom. The number of benzene rings is 2. The number of hydrogen-bond donors (Lipinski definition) is 2. The van der Waals surface area contributed by atoms with Gasteiger partial charge in [-0.25, -0.2) is 4.79 Å². The predicted octanol–water partition coefficient (Wildman–Crippen LogP) is 3.62. The number of anilines is 1. The van der Waals surface area contributed by atoms with Gasteiger partial charge in [-0.1, -0.05) is 44.2 Å². The summed E-state index contributed by atoms with van der Waals surface area (Å²) in [6.45, 7) is 5.58. The van der Waals surface area contributed by atoms with Gasteiger partial charge in [0, 0.05) is 5.69 Å². The van der Waals surface area contributed by atoms with Crippen LogP contribution >= 0.6 is 0 Å². The van der Waals surface area contributed by atoms with E-state index in [-0.39, 0.29) is 17.2 Å². The van der Waals surface area contributed by atoms with Crippen LogP contribution < -0.4 is 5.32 Å². The van der Waals surface area contributed by atoms with Gasteiger partial charge in [-0.3, -0.25) is 4.79 Å². The molecule has 0 bridgehead atoms. The van der Waals surface area contributed by atoms with Crippen molar-refractivity contribution < 1.29 is 19.4 Å². The number of carbonyl (C=O) groups excluding carboxylic acids is 2. The molecule has 2 N–H and O–H groups in total. The molecule has 0 radical (unpaired) electrons. The summed E-state index contributed by atoms with van der Waals surface area (Å²) in [7, 11) is 0. The smallest absolute Gasteiger partial charge is 0.342 e. The van der Waals surface area contributed by atoms with Crippen LogP contribution in [-0.4, -0.2) is 23.6 Å². The number of phenols is 1. The Labute approximate surface area is 141 Å². The van der Waals surface area contributed by atoms with E-state index in [1.54, 1.807) is 12.1 Å². The van der Waals surface area contributed by atoms with Crippen LogP contribution in [0.25, 0.3) is 0 Å². The lowest BCUT2D eigenvalue weighted by atomic mass is 9.98. The molecule has 126 valence electrons. The lowest BCUT2D eigenvalue weighted by Crippen LogP contribution is -2.22. The molecule has 5 heteroatoms. The molecule has 0 heterocycles. The fourth-order valence-electron chi connectivity index (χ4n) is 2.37. The number of para-hydroxylation sites is 2. The number of nitrogens with one attached hydrogen (secondary N) is 1. The third kappa shape index (κ3) is 4.13. The summed E-state index contributed by atoms with van der Waals surface area (Å²) >= 11 is 0. The summed E-state index contributed by atoms with van der Waals surface area (Å²) in [5, 5.41) is 12.4. The molecule has 0 atom stereocenters. The largest absolute Gasteiger partial charge is 0.507 e. The minimum Gasteiger partial charge on any atom is -0.507 e.